The number of rotatable bonds is 5. The average molecular weight is 365 g/mol. The lowest BCUT2D eigenvalue weighted by Gasteiger charge is -2.35. The molecule has 25 heavy (non-hydrogen) atoms. The molecule has 2 saturated heterocycles. The molecule has 0 bridgehead atoms. The Kier molecular flexibility index (Phi) is 6.32. The lowest BCUT2D eigenvalue weighted by molar-refractivity contribution is -0.146. The van der Waals surface area contributed by atoms with Crippen molar-refractivity contribution in [3.05, 3.63) is 34.9 Å². The van der Waals surface area contributed by atoms with Crippen molar-refractivity contribution in [1.29, 1.82) is 0 Å². The molecule has 0 radical (unpaired) electrons. The van der Waals surface area contributed by atoms with Crippen molar-refractivity contribution in [3.8, 4) is 0 Å². The Labute approximate surface area is 153 Å². The van der Waals surface area contributed by atoms with E-state index in [4.69, 9.17) is 16.3 Å². The second-order valence-corrected chi connectivity index (χ2v) is 7.12. The van der Waals surface area contributed by atoms with Crippen LogP contribution in [0.1, 0.15) is 31.2 Å². The number of amides is 2. The largest absolute Gasteiger partial charge is 0.368 e. The van der Waals surface area contributed by atoms with Crippen LogP contribution in [0.3, 0.4) is 0 Å². The molecule has 2 heterocycles. The van der Waals surface area contributed by atoms with E-state index < -0.39 is 0 Å². The van der Waals surface area contributed by atoms with E-state index in [1.807, 2.05) is 34.1 Å². The number of piperazine rings is 1. The highest BCUT2D eigenvalue weighted by atomic mass is 35.5. The van der Waals surface area contributed by atoms with E-state index in [1.54, 1.807) is 0 Å². The maximum Gasteiger partial charge on any atom is 0.251 e. The van der Waals surface area contributed by atoms with Gasteiger partial charge in [0.1, 0.15) is 6.10 Å². The van der Waals surface area contributed by atoms with Crippen molar-refractivity contribution in [2.45, 2.75) is 38.2 Å². The quantitative estimate of drug-likeness (QED) is 0.806. The number of aryl methyl sites for hydroxylation is 1. The monoisotopic (exact) mass is 364 g/mol. The molecule has 1 aromatic rings. The smallest absolute Gasteiger partial charge is 0.251 e. The van der Waals surface area contributed by atoms with Crippen molar-refractivity contribution in [1.82, 2.24) is 9.80 Å². The summed E-state index contributed by atoms with van der Waals surface area (Å²) in [6.45, 7) is 3.15. The van der Waals surface area contributed by atoms with E-state index >= 15 is 0 Å². The van der Waals surface area contributed by atoms with Crippen LogP contribution in [0.5, 0.6) is 0 Å². The number of ether oxygens (including phenoxy) is 1. The van der Waals surface area contributed by atoms with Gasteiger partial charge in [-0.1, -0.05) is 23.7 Å². The molecule has 0 N–H and O–H groups in total. The number of carbonyl (C=O) groups is 2. The lowest BCUT2D eigenvalue weighted by Crippen LogP contribution is -2.52. The summed E-state index contributed by atoms with van der Waals surface area (Å²) in [4.78, 5) is 28.4. The van der Waals surface area contributed by atoms with E-state index in [-0.39, 0.29) is 17.9 Å². The molecule has 136 valence electrons. The molecule has 0 unspecified atom stereocenters. The van der Waals surface area contributed by atoms with Gasteiger partial charge >= 0.3 is 0 Å². The van der Waals surface area contributed by atoms with Gasteiger partial charge in [0.25, 0.3) is 5.91 Å². The predicted octanol–water partition coefficient (Wildman–Crippen LogP) is 2.51. The summed E-state index contributed by atoms with van der Waals surface area (Å²) in [5.41, 5.74) is 1.20. The summed E-state index contributed by atoms with van der Waals surface area (Å²) in [5, 5.41) is 0.732. The molecule has 0 aliphatic carbocycles. The Hall–Kier alpha value is -1.59. The van der Waals surface area contributed by atoms with Gasteiger partial charge in [-0.2, -0.15) is 0 Å². The molecular weight excluding hydrogens is 340 g/mol. The number of hydrogen-bond acceptors (Lipinski definition) is 3. The Morgan fingerprint density at radius 2 is 1.76 bits per heavy atom. The van der Waals surface area contributed by atoms with Crippen LogP contribution in [0.25, 0.3) is 0 Å². The van der Waals surface area contributed by atoms with Gasteiger partial charge in [-0.3, -0.25) is 9.59 Å². The maximum absolute atomic E-state index is 12.4. The summed E-state index contributed by atoms with van der Waals surface area (Å²) in [5.74, 6) is 0.269. The van der Waals surface area contributed by atoms with E-state index in [0.717, 1.165) is 30.7 Å². The molecule has 0 saturated carbocycles. The lowest BCUT2D eigenvalue weighted by atomic mass is 10.1. The summed E-state index contributed by atoms with van der Waals surface area (Å²) < 4.78 is 5.46. The fourth-order valence-electron chi connectivity index (χ4n) is 3.41. The van der Waals surface area contributed by atoms with Crippen LogP contribution in [0.4, 0.5) is 0 Å². The van der Waals surface area contributed by atoms with Crippen molar-refractivity contribution in [2.24, 2.45) is 0 Å². The molecule has 5 nitrogen and oxygen atoms in total. The topological polar surface area (TPSA) is 49.9 Å². The molecule has 1 aromatic carbocycles. The highest BCUT2D eigenvalue weighted by Crippen LogP contribution is 2.17. The molecule has 0 spiro atoms. The third-order valence-corrected chi connectivity index (χ3v) is 5.17. The number of hydrogen-bond donors (Lipinski definition) is 0. The molecule has 2 amide bonds. The molecule has 0 aromatic heterocycles. The highest BCUT2D eigenvalue weighted by molar-refractivity contribution is 6.30. The minimum Gasteiger partial charge on any atom is -0.368 e. The second kappa shape index (κ2) is 8.68. The predicted molar refractivity (Wildman–Crippen MR) is 96.5 cm³/mol. The molecule has 2 fully saturated rings. The molecular formula is C19H25ClN2O3. The molecule has 6 heteroatoms. The van der Waals surface area contributed by atoms with Crippen molar-refractivity contribution in [3.63, 3.8) is 0 Å². The first-order valence-electron chi connectivity index (χ1n) is 9.06. The minimum atomic E-state index is -0.262. The maximum atomic E-state index is 12.4. The minimum absolute atomic E-state index is 0.0901. The zero-order valence-electron chi connectivity index (χ0n) is 14.5. The van der Waals surface area contributed by atoms with Crippen LogP contribution in [0.2, 0.25) is 5.02 Å². The SMILES string of the molecule is O=C(CCCc1ccc(Cl)cc1)N1CCN(C(=O)[C@@H]2CCCO2)CC1. The van der Waals surface area contributed by atoms with Crippen LogP contribution in [-0.2, 0) is 20.7 Å². The van der Waals surface area contributed by atoms with Crippen molar-refractivity contribution in [2.75, 3.05) is 32.8 Å². The van der Waals surface area contributed by atoms with Crippen LogP contribution in [0.15, 0.2) is 24.3 Å². The number of carbonyl (C=O) groups excluding carboxylic acids is 2. The number of benzene rings is 1. The highest BCUT2D eigenvalue weighted by Gasteiger charge is 2.31. The Morgan fingerprint density at radius 1 is 1.08 bits per heavy atom. The first kappa shape index (κ1) is 18.2. The van der Waals surface area contributed by atoms with Crippen LogP contribution in [0, 0.1) is 0 Å². The summed E-state index contributed by atoms with van der Waals surface area (Å²) in [6, 6.07) is 7.76. The van der Waals surface area contributed by atoms with Gasteiger partial charge < -0.3 is 14.5 Å². The average Bonchev–Trinajstić information content (AvgIpc) is 3.17. The Bertz CT molecular complexity index is 591. The standard InChI is InChI=1S/C19H25ClN2O3/c20-16-8-6-15(7-9-16)3-1-5-18(23)21-10-12-22(13-11-21)19(24)17-4-2-14-25-17/h6-9,17H,1-5,10-14H2/t17-/m0/s1. The second-order valence-electron chi connectivity index (χ2n) is 6.69. The number of nitrogens with zero attached hydrogens (tertiary/aromatic N) is 2. The van der Waals surface area contributed by atoms with E-state index in [9.17, 15) is 9.59 Å². The fourth-order valence-corrected chi connectivity index (χ4v) is 3.53. The first-order chi connectivity index (χ1) is 12.1. The third kappa shape index (κ3) is 4.95. The zero-order chi connectivity index (χ0) is 17.6. The molecule has 2 aliphatic heterocycles. The van der Waals surface area contributed by atoms with Crippen LogP contribution < -0.4 is 0 Å². The van der Waals surface area contributed by atoms with Crippen molar-refractivity contribution >= 4 is 23.4 Å². The molecule has 3 rings (SSSR count). The third-order valence-electron chi connectivity index (χ3n) is 4.92. The van der Waals surface area contributed by atoms with Gasteiger partial charge in [0.15, 0.2) is 0 Å². The van der Waals surface area contributed by atoms with Gasteiger partial charge in [0, 0.05) is 44.2 Å². The Balaban J connectivity index is 1.37. The van der Waals surface area contributed by atoms with E-state index in [2.05, 4.69) is 0 Å². The van der Waals surface area contributed by atoms with Gasteiger partial charge in [0.05, 0.1) is 0 Å². The summed E-state index contributed by atoms with van der Waals surface area (Å²) in [7, 11) is 0. The van der Waals surface area contributed by atoms with Crippen LogP contribution in [-0.4, -0.2) is 60.5 Å². The molecule has 1 atom stereocenters. The fraction of sp³-hybridized carbons (Fsp3) is 0.579. The normalized spacial score (nSPS) is 20.8. The summed E-state index contributed by atoms with van der Waals surface area (Å²) in [6.07, 6.45) is 3.77. The zero-order valence-corrected chi connectivity index (χ0v) is 15.2. The first-order valence-corrected chi connectivity index (χ1v) is 9.44. The van der Waals surface area contributed by atoms with Crippen molar-refractivity contribution < 1.29 is 14.3 Å². The Morgan fingerprint density at radius 3 is 2.40 bits per heavy atom. The van der Waals surface area contributed by atoms with Gasteiger partial charge in [-0.05, 0) is 43.4 Å². The summed E-state index contributed by atoms with van der Waals surface area (Å²) >= 11 is 5.88. The van der Waals surface area contributed by atoms with Gasteiger partial charge in [0.2, 0.25) is 5.91 Å². The van der Waals surface area contributed by atoms with E-state index in [1.165, 1.54) is 5.56 Å². The molecule has 2 aliphatic rings. The number of halogens is 1. The van der Waals surface area contributed by atoms with E-state index in [0.29, 0.717) is 39.2 Å². The van der Waals surface area contributed by atoms with Crippen LogP contribution >= 0.6 is 11.6 Å². The van der Waals surface area contributed by atoms with Gasteiger partial charge in [-0.15, -0.1) is 0 Å². The van der Waals surface area contributed by atoms with Gasteiger partial charge in [-0.25, -0.2) is 0 Å².